The number of hydrogen-bond donors (Lipinski definition) is 2. The third-order valence-corrected chi connectivity index (χ3v) is 7.40. The van der Waals surface area contributed by atoms with Crippen molar-refractivity contribution in [3.05, 3.63) is 47.0 Å². The molecule has 1 fully saturated rings. The Morgan fingerprint density at radius 1 is 1.03 bits per heavy atom. The fraction of sp³-hybridized carbons (Fsp3) is 0.444. The third kappa shape index (κ3) is 5.12. The lowest BCUT2D eigenvalue weighted by Crippen LogP contribution is -2.45. The Bertz CT molecular complexity index is 1150. The van der Waals surface area contributed by atoms with E-state index >= 15 is 4.39 Å². The van der Waals surface area contributed by atoms with Crippen molar-refractivity contribution in [2.75, 3.05) is 0 Å². The van der Waals surface area contributed by atoms with Crippen molar-refractivity contribution in [3.8, 4) is 0 Å². The van der Waals surface area contributed by atoms with Gasteiger partial charge in [0.1, 0.15) is 11.5 Å². The predicted molar refractivity (Wildman–Crippen MR) is 95.7 cm³/mol. The topological polar surface area (TPSA) is 91.9 Å². The molecule has 15 heteroatoms. The molecule has 3 rings (SSSR count). The molecule has 182 valence electrons. The van der Waals surface area contributed by atoms with E-state index < -0.39 is 79.6 Å². The van der Waals surface area contributed by atoms with Gasteiger partial charge in [-0.15, -0.1) is 0 Å². The highest BCUT2D eigenvalue weighted by Crippen LogP contribution is 2.42. The van der Waals surface area contributed by atoms with Gasteiger partial charge in [-0.2, -0.15) is 31.4 Å². The van der Waals surface area contributed by atoms with Gasteiger partial charge in [0.25, 0.3) is 5.91 Å². The maximum Gasteiger partial charge on any atom is 0.435 e. The van der Waals surface area contributed by atoms with Crippen molar-refractivity contribution in [3.63, 3.8) is 0 Å². The van der Waals surface area contributed by atoms with Crippen LogP contribution in [0.15, 0.2) is 29.2 Å². The molecule has 0 bridgehead atoms. The fourth-order valence-corrected chi connectivity index (χ4v) is 5.15. The van der Waals surface area contributed by atoms with E-state index in [2.05, 4.69) is 10.4 Å². The second-order valence-corrected chi connectivity index (χ2v) is 9.68. The van der Waals surface area contributed by atoms with Gasteiger partial charge in [0.2, 0.25) is 14.8 Å². The Kier molecular flexibility index (Phi) is 6.23. The maximum atomic E-state index is 15.3. The number of amides is 1. The number of aromatic amines is 1. The number of H-pyrrole nitrogens is 1. The number of aromatic nitrogens is 2. The van der Waals surface area contributed by atoms with E-state index in [9.17, 15) is 43.9 Å². The normalized spacial score (nSPS) is 22.2. The lowest BCUT2D eigenvalue weighted by Gasteiger charge is -2.33. The molecule has 1 amide bonds. The van der Waals surface area contributed by atoms with Crippen LogP contribution in [0.4, 0.5) is 35.1 Å². The average Bonchev–Trinajstić information content (AvgIpc) is 3.19. The summed E-state index contributed by atoms with van der Waals surface area (Å²) in [4.78, 5) is 10.9. The molecule has 1 saturated carbocycles. The molecule has 0 saturated heterocycles. The van der Waals surface area contributed by atoms with E-state index in [4.69, 9.17) is 0 Å². The second-order valence-electron chi connectivity index (χ2n) is 7.47. The molecule has 2 aromatic rings. The Labute approximate surface area is 181 Å². The smallest absolute Gasteiger partial charge is 0.348 e. The molecule has 1 aliphatic rings. The molecule has 0 atom stereocenters. The van der Waals surface area contributed by atoms with E-state index in [1.54, 1.807) is 0 Å². The number of carbonyl (C=O) groups excluding carboxylic acids is 1. The summed E-state index contributed by atoms with van der Waals surface area (Å²) < 4.78 is 131. The molecular formula is C18H15F8N3O3S. The van der Waals surface area contributed by atoms with Gasteiger partial charge in [-0.05, 0) is 43.9 Å². The van der Waals surface area contributed by atoms with Crippen molar-refractivity contribution >= 4 is 15.7 Å². The molecular weight excluding hydrogens is 490 g/mol. The van der Waals surface area contributed by atoms with Crippen molar-refractivity contribution in [1.82, 2.24) is 15.5 Å². The zero-order chi connectivity index (χ0) is 24.8. The van der Waals surface area contributed by atoms with Crippen molar-refractivity contribution in [1.29, 1.82) is 0 Å². The third-order valence-electron chi connectivity index (χ3n) is 5.17. The second kappa shape index (κ2) is 8.25. The number of hydrogen-bond acceptors (Lipinski definition) is 4. The van der Waals surface area contributed by atoms with Crippen LogP contribution in [0, 0.1) is 5.82 Å². The monoisotopic (exact) mass is 505 g/mol. The van der Waals surface area contributed by atoms with Gasteiger partial charge in [0.15, 0.2) is 5.69 Å². The van der Waals surface area contributed by atoms with Gasteiger partial charge in [-0.25, -0.2) is 17.2 Å². The summed E-state index contributed by atoms with van der Waals surface area (Å²) >= 11 is 0. The molecule has 0 radical (unpaired) electrons. The van der Waals surface area contributed by atoms with Crippen LogP contribution in [-0.4, -0.2) is 35.6 Å². The molecule has 0 aliphatic heterocycles. The minimum absolute atomic E-state index is 0.0794. The van der Waals surface area contributed by atoms with Gasteiger partial charge in [-0.3, -0.25) is 9.89 Å². The Balaban J connectivity index is 1.72. The van der Waals surface area contributed by atoms with Crippen LogP contribution in [0.3, 0.4) is 0 Å². The Hall–Kier alpha value is -2.71. The van der Waals surface area contributed by atoms with Crippen LogP contribution in [0.2, 0.25) is 0 Å². The molecule has 0 spiro atoms. The first-order chi connectivity index (χ1) is 15.0. The first kappa shape index (κ1) is 24.9. The summed E-state index contributed by atoms with van der Waals surface area (Å²) in [6.45, 7) is 0. The van der Waals surface area contributed by atoms with Crippen LogP contribution < -0.4 is 5.32 Å². The van der Waals surface area contributed by atoms with E-state index in [0.29, 0.717) is 6.07 Å². The van der Waals surface area contributed by atoms with Crippen LogP contribution in [0.1, 0.15) is 47.4 Å². The summed E-state index contributed by atoms with van der Waals surface area (Å²) in [6.07, 6.45) is -11.9. The van der Waals surface area contributed by atoms with Gasteiger partial charge in [-0.1, -0.05) is 0 Å². The fourth-order valence-electron chi connectivity index (χ4n) is 3.40. The van der Waals surface area contributed by atoms with Crippen LogP contribution in [0.5, 0.6) is 0 Å². The van der Waals surface area contributed by atoms with Crippen molar-refractivity contribution in [2.45, 2.75) is 54.0 Å². The number of sulfone groups is 1. The number of rotatable bonds is 4. The number of benzene rings is 1. The summed E-state index contributed by atoms with van der Waals surface area (Å²) in [5, 5.41) is 4.16. The Morgan fingerprint density at radius 3 is 2.15 bits per heavy atom. The lowest BCUT2D eigenvalue weighted by atomic mass is 9.93. The van der Waals surface area contributed by atoms with Gasteiger partial charge >= 0.3 is 12.4 Å². The minimum Gasteiger partial charge on any atom is -0.348 e. The highest BCUT2D eigenvalue weighted by atomic mass is 32.2. The molecule has 1 aliphatic carbocycles. The van der Waals surface area contributed by atoms with E-state index in [0.717, 1.165) is 0 Å². The predicted octanol–water partition coefficient (Wildman–Crippen LogP) is 4.40. The van der Waals surface area contributed by atoms with Crippen LogP contribution in [-0.2, 0) is 22.2 Å². The summed E-state index contributed by atoms with van der Waals surface area (Å²) in [5.41, 5.74) is -3.45. The molecule has 0 unspecified atom stereocenters. The van der Waals surface area contributed by atoms with Gasteiger partial charge in [0.05, 0.1) is 10.5 Å². The van der Waals surface area contributed by atoms with E-state index in [-0.39, 0.29) is 31.0 Å². The first-order valence-corrected chi connectivity index (χ1v) is 10.8. The zero-order valence-electron chi connectivity index (χ0n) is 16.3. The van der Waals surface area contributed by atoms with Crippen LogP contribution >= 0.6 is 0 Å². The minimum atomic E-state index is -5.06. The molecule has 1 aromatic carbocycles. The quantitative estimate of drug-likeness (QED) is 0.603. The zero-order valence-corrected chi connectivity index (χ0v) is 17.1. The van der Waals surface area contributed by atoms with Crippen molar-refractivity contribution < 1.29 is 48.3 Å². The number of carbonyl (C=O) groups is 1. The summed E-state index contributed by atoms with van der Waals surface area (Å²) in [7, 11) is -5.04. The van der Waals surface area contributed by atoms with Gasteiger partial charge in [0, 0.05) is 12.1 Å². The average molecular weight is 505 g/mol. The Morgan fingerprint density at radius 2 is 1.64 bits per heavy atom. The molecule has 33 heavy (non-hydrogen) atoms. The SMILES string of the molecule is O=C(N[C@H]1CC[C@](F)(S(=O)(=O)c2cc(F)cc(C(F)(F)F)c2)CC1)c1cc(C(F)(F)F)n[nH]1. The largest absolute Gasteiger partial charge is 0.435 e. The van der Waals surface area contributed by atoms with Crippen molar-refractivity contribution in [2.24, 2.45) is 0 Å². The van der Waals surface area contributed by atoms with Gasteiger partial charge < -0.3 is 5.32 Å². The molecule has 1 aromatic heterocycles. The molecule has 1 heterocycles. The number of nitrogens with zero attached hydrogens (tertiary/aromatic N) is 1. The molecule has 2 N–H and O–H groups in total. The highest BCUT2D eigenvalue weighted by molar-refractivity contribution is 7.92. The van der Waals surface area contributed by atoms with Crippen LogP contribution in [0.25, 0.3) is 0 Å². The number of alkyl halides is 7. The number of halogens is 8. The standard InChI is InChI=1S/C18H15F8N3O3S/c19-10-5-9(17(21,22)23)6-12(7-10)33(31,32)16(20)3-1-11(2-4-16)27-15(30)13-8-14(29-28-13)18(24,25)26/h5-8,11H,1-4H2,(H,27,30)(H,28,29)/t11-,16-. The highest BCUT2D eigenvalue weighted by Gasteiger charge is 2.48. The first-order valence-electron chi connectivity index (χ1n) is 9.28. The molecule has 6 nitrogen and oxygen atoms in total. The number of nitrogens with one attached hydrogen (secondary N) is 2. The summed E-state index contributed by atoms with van der Waals surface area (Å²) in [6, 6.07) is 0.146. The van der Waals surface area contributed by atoms with E-state index in [1.807, 2.05) is 5.10 Å². The van der Waals surface area contributed by atoms with E-state index in [1.165, 1.54) is 0 Å². The summed E-state index contributed by atoms with van der Waals surface area (Å²) in [5.74, 6) is -2.50. The maximum absolute atomic E-state index is 15.3. The lowest BCUT2D eigenvalue weighted by molar-refractivity contribution is -0.141.